The van der Waals surface area contributed by atoms with Crippen LogP contribution < -0.4 is 5.73 Å². The van der Waals surface area contributed by atoms with Gasteiger partial charge >= 0.3 is 0 Å². The lowest BCUT2D eigenvalue weighted by atomic mass is 9.98. The van der Waals surface area contributed by atoms with Gasteiger partial charge in [0.25, 0.3) is 0 Å². The van der Waals surface area contributed by atoms with Crippen LogP contribution in [0, 0.1) is 0 Å². The summed E-state index contributed by atoms with van der Waals surface area (Å²) in [5.74, 6) is 1.29. The smallest absolute Gasteiger partial charge is 0.0409 e. The molecular formula is C12H16ClN. The van der Waals surface area contributed by atoms with Crippen LogP contribution in [0.4, 0.5) is 0 Å². The second-order valence-corrected chi connectivity index (χ2v) is 4.62. The Balaban J connectivity index is 2.34. The van der Waals surface area contributed by atoms with E-state index in [4.69, 9.17) is 17.3 Å². The second kappa shape index (κ2) is 3.92. The minimum absolute atomic E-state index is 0.639. The molecule has 2 heteroatoms. The zero-order valence-corrected chi connectivity index (χ0v) is 9.22. The fourth-order valence-electron chi connectivity index (χ4n) is 2.50. The summed E-state index contributed by atoms with van der Waals surface area (Å²) in [4.78, 5) is 0. The molecule has 0 fully saturated rings. The molecule has 2 N–H and O–H groups in total. The maximum Gasteiger partial charge on any atom is 0.0409 e. The summed E-state index contributed by atoms with van der Waals surface area (Å²) in [5, 5.41) is 0.851. The van der Waals surface area contributed by atoms with Gasteiger partial charge in [-0.05, 0) is 54.5 Å². The third kappa shape index (κ3) is 1.67. The molecule has 1 aromatic rings. The summed E-state index contributed by atoms with van der Waals surface area (Å²) in [6.07, 6.45) is 2.33. The van der Waals surface area contributed by atoms with Gasteiger partial charge in [-0.25, -0.2) is 0 Å². The van der Waals surface area contributed by atoms with Crippen LogP contribution in [-0.4, -0.2) is 6.54 Å². The maximum absolute atomic E-state index is 5.99. The van der Waals surface area contributed by atoms with Crippen LogP contribution in [0.3, 0.4) is 0 Å². The normalized spacial score (nSPS) is 25.1. The fraction of sp³-hybridized carbons (Fsp3) is 0.500. The Labute approximate surface area is 90.3 Å². The van der Waals surface area contributed by atoms with E-state index >= 15 is 0 Å². The van der Waals surface area contributed by atoms with Crippen molar-refractivity contribution in [3.8, 4) is 0 Å². The van der Waals surface area contributed by atoms with Gasteiger partial charge in [0.2, 0.25) is 0 Å². The van der Waals surface area contributed by atoms with Gasteiger partial charge in [-0.2, -0.15) is 0 Å². The van der Waals surface area contributed by atoms with Gasteiger partial charge < -0.3 is 5.73 Å². The monoisotopic (exact) mass is 209 g/mol. The van der Waals surface area contributed by atoms with Crippen LogP contribution in [0.25, 0.3) is 0 Å². The van der Waals surface area contributed by atoms with E-state index in [0.717, 1.165) is 18.0 Å². The second-order valence-electron chi connectivity index (χ2n) is 4.18. The molecule has 0 saturated heterocycles. The van der Waals surface area contributed by atoms with E-state index in [-0.39, 0.29) is 0 Å². The molecular weight excluding hydrogens is 194 g/mol. The molecule has 1 aliphatic rings. The molecule has 2 unspecified atom stereocenters. The van der Waals surface area contributed by atoms with Gasteiger partial charge in [0.1, 0.15) is 0 Å². The number of nitrogens with two attached hydrogens (primary N) is 1. The van der Waals surface area contributed by atoms with Crippen LogP contribution >= 0.6 is 11.6 Å². The molecule has 0 spiro atoms. The molecule has 0 radical (unpaired) electrons. The molecule has 2 atom stereocenters. The van der Waals surface area contributed by atoms with Crippen molar-refractivity contribution in [3.05, 3.63) is 34.3 Å². The number of halogens is 1. The van der Waals surface area contributed by atoms with E-state index in [2.05, 4.69) is 19.1 Å². The lowest BCUT2D eigenvalue weighted by Crippen LogP contribution is -2.04. The fourth-order valence-corrected chi connectivity index (χ4v) is 2.68. The highest BCUT2D eigenvalue weighted by Crippen LogP contribution is 2.43. The van der Waals surface area contributed by atoms with Gasteiger partial charge in [-0.1, -0.05) is 24.6 Å². The summed E-state index contributed by atoms with van der Waals surface area (Å²) in [7, 11) is 0. The third-order valence-electron chi connectivity index (χ3n) is 3.17. The van der Waals surface area contributed by atoms with Crippen molar-refractivity contribution in [1.29, 1.82) is 0 Å². The summed E-state index contributed by atoms with van der Waals surface area (Å²) in [6, 6.07) is 6.27. The molecule has 1 aliphatic carbocycles. The summed E-state index contributed by atoms with van der Waals surface area (Å²) in [5.41, 5.74) is 8.51. The summed E-state index contributed by atoms with van der Waals surface area (Å²) < 4.78 is 0. The number of rotatable bonds is 2. The minimum atomic E-state index is 0.639. The topological polar surface area (TPSA) is 26.0 Å². The summed E-state index contributed by atoms with van der Waals surface area (Å²) >= 11 is 5.99. The highest BCUT2D eigenvalue weighted by molar-refractivity contribution is 6.30. The molecule has 76 valence electrons. The van der Waals surface area contributed by atoms with Crippen LogP contribution in [0.2, 0.25) is 5.02 Å². The molecule has 0 aromatic heterocycles. The SMILES string of the molecule is CC1CC(CCN)c2ccc(Cl)cc21. The highest BCUT2D eigenvalue weighted by Gasteiger charge is 2.27. The molecule has 1 aromatic carbocycles. The van der Waals surface area contributed by atoms with E-state index in [1.807, 2.05) is 6.07 Å². The van der Waals surface area contributed by atoms with Gasteiger partial charge in [0.15, 0.2) is 0 Å². The Bertz CT molecular complexity index is 335. The molecule has 2 rings (SSSR count). The Morgan fingerprint density at radius 1 is 1.43 bits per heavy atom. The zero-order valence-electron chi connectivity index (χ0n) is 8.46. The van der Waals surface area contributed by atoms with Gasteiger partial charge in [-0.3, -0.25) is 0 Å². The number of benzene rings is 1. The Morgan fingerprint density at radius 3 is 2.93 bits per heavy atom. The largest absolute Gasteiger partial charge is 0.330 e. The first-order valence-corrected chi connectivity index (χ1v) is 5.59. The summed E-state index contributed by atoms with van der Waals surface area (Å²) in [6.45, 7) is 3.05. The highest BCUT2D eigenvalue weighted by atomic mass is 35.5. The average Bonchev–Trinajstić information content (AvgIpc) is 2.44. The molecule has 14 heavy (non-hydrogen) atoms. The van der Waals surface area contributed by atoms with E-state index in [1.165, 1.54) is 17.5 Å². The molecule has 0 saturated carbocycles. The van der Waals surface area contributed by atoms with E-state index < -0.39 is 0 Å². The van der Waals surface area contributed by atoms with Crippen molar-refractivity contribution in [2.24, 2.45) is 5.73 Å². The third-order valence-corrected chi connectivity index (χ3v) is 3.41. The van der Waals surface area contributed by atoms with Crippen molar-refractivity contribution in [3.63, 3.8) is 0 Å². The van der Waals surface area contributed by atoms with Crippen molar-refractivity contribution in [2.45, 2.75) is 31.6 Å². The standard InChI is InChI=1S/C12H16ClN/c1-8-6-9(4-5-14)11-3-2-10(13)7-12(8)11/h2-3,7-9H,4-6,14H2,1H3. The Kier molecular flexibility index (Phi) is 2.80. The first-order chi connectivity index (χ1) is 6.72. The first-order valence-electron chi connectivity index (χ1n) is 5.21. The molecule has 0 aliphatic heterocycles. The van der Waals surface area contributed by atoms with Crippen molar-refractivity contribution < 1.29 is 0 Å². The van der Waals surface area contributed by atoms with E-state index in [9.17, 15) is 0 Å². The molecule has 1 nitrogen and oxygen atoms in total. The van der Waals surface area contributed by atoms with Crippen molar-refractivity contribution in [1.82, 2.24) is 0 Å². The van der Waals surface area contributed by atoms with Crippen LogP contribution in [0.5, 0.6) is 0 Å². The molecule has 0 amide bonds. The predicted molar refractivity (Wildman–Crippen MR) is 60.9 cm³/mol. The number of hydrogen-bond acceptors (Lipinski definition) is 1. The van der Waals surface area contributed by atoms with Crippen molar-refractivity contribution in [2.75, 3.05) is 6.54 Å². The van der Waals surface area contributed by atoms with Crippen molar-refractivity contribution >= 4 is 11.6 Å². The van der Waals surface area contributed by atoms with Gasteiger partial charge in [0, 0.05) is 5.02 Å². The van der Waals surface area contributed by atoms with Gasteiger partial charge in [-0.15, -0.1) is 0 Å². The Hall–Kier alpha value is -0.530. The molecule has 0 bridgehead atoms. The quantitative estimate of drug-likeness (QED) is 0.795. The molecule has 0 heterocycles. The van der Waals surface area contributed by atoms with Crippen LogP contribution in [0.1, 0.15) is 42.7 Å². The predicted octanol–water partition coefficient (Wildman–Crippen LogP) is 3.28. The lowest BCUT2D eigenvalue weighted by molar-refractivity contribution is 0.584. The lowest BCUT2D eigenvalue weighted by Gasteiger charge is -2.09. The van der Waals surface area contributed by atoms with Gasteiger partial charge in [0.05, 0.1) is 0 Å². The minimum Gasteiger partial charge on any atom is -0.330 e. The van der Waals surface area contributed by atoms with E-state index in [1.54, 1.807) is 0 Å². The number of hydrogen-bond donors (Lipinski definition) is 1. The number of fused-ring (bicyclic) bond motifs is 1. The van der Waals surface area contributed by atoms with Crippen LogP contribution in [-0.2, 0) is 0 Å². The van der Waals surface area contributed by atoms with E-state index in [0.29, 0.717) is 11.8 Å². The first kappa shape index (κ1) is 10.0. The zero-order chi connectivity index (χ0) is 10.1. The van der Waals surface area contributed by atoms with Crippen LogP contribution in [0.15, 0.2) is 18.2 Å². The maximum atomic E-state index is 5.99. The average molecular weight is 210 g/mol. The Morgan fingerprint density at radius 2 is 2.21 bits per heavy atom.